The summed E-state index contributed by atoms with van der Waals surface area (Å²) in [6.07, 6.45) is 2.28. The predicted molar refractivity (Wildman–Crippen MR) is 87.9 cm³/mol. The summed E-state index contributed by atoms with van der Waals surface area (Å²) in [6.45, 7) is 1.61. The Morgan fingerprint density at radius 3 is 2.57 bits per heavy atom. The average Bonchev–Trinajstić information content (AvgIpc) is 3.23. The van der Waals surface area contributed by atoms with E-state index in [2.05, 4.69) is 9.88 Å². The first-order valence-electron chi connectivity index (χ1n) is 7.19. The number of hydrogen-bond acceptors (Lipinski definition) is 7. The normalized spacial score (nSPS) is 17.3. The van der Waals surface area contributed by atoms with Gasteiger partial charge < -0.3 is 14.4 Å². The number of thiazole rings is 1. The number of rotatable bonds is 5. The van der Waals surface area contributed by atoms with Crippen LogP contribution < -0.4 is 14.4 Å². The predicted octanol–water partition coefficient (Wildman–Crippen LogP) is 3.06. The van der Waals surface area contributed by atoms with Crippen LogP contribution in [0.15, 0.2) is 24.4 Å². The van der Waals surface area contributed by atoms with Gasteiger partial charge in [-0.2, -0.15) is 0 Å². The molecule has 1 saturated heterocycles. The molecule has 1 aliphatic rings. The maximum absolute atomic E-state index is 10.8. The second kappa shape index (κ2) is 6.41. The molecule has 0 aliphatic carbocycles. The van der Waals surface area contributed by atoms with Crippen molar-refractivity contribution in [3.8, 4) is 11.5 Å². The SMILES string of the molecule is COc1cc(OC)cc([C@H]2CCN(c3ncc([N+](=O)[O-])s3)C2)c1. The van der Waals surface area contributed by atoms with Crippen molar-refractivity contribution in [1.29, 1.82) is 0 Å². The Balaban J connectivity index is 1.77. The topological polar surface area (TPSA) is 77.7 Å². The molecular weight excluding hydrogens is 318 g/mol. The lowest BCUT2D eigenvalue weighted by molar-refractivity contribution is -0.380. The minimum absolute atomic E-state index is 0.0755. The molecular formula is C15H17N3O4S. The van der Waals surface area contributed by atoms with Crippen molar-refractivity contribution in [3.05, 3.63) is 40.1 Å². The number of anilines is 1. The first kappa shape index (κ1) is 15.5. The second-order valence-corrected chi connectivity index (χ2v) is 6.30. The van der Waals surface area contributed by atoms with Crippen molar-refractivity contribution in [3.63, 3.8) is 0 Å². The summed E-state index contributed by atoms with van der Waals surface area (Å²) in [7, 11) is 3.27. The molecule has 1 fully saturated rings. The van der Waals surface area contributed by atoms with E-state index in [9.17, 15) is 10.1 Å². The Bertz CT molecular complexity index is 696. The zero-order valence-corrected chi connectivity index (χ0v) is 13.7. The van der Waals surface area contributed by atoms with Crippen LogP contribution in [0.3, 0.4) is 0 Å². The zero-order valence-electron chi connectivity index (χ0n) is 12.9. The van der Waals surface area contributed by atoms with Gasteiger partial charge in [0, 0.05) is 25.1 Å². The van der Waals surface area contributed by atoms with Gasteiger partial charge in [0.1, 0.15) is 17.7 Å². The van der Waals surface area contributed by atoms with Crippen LogP contribution in [0.2, 0.25) is 0 Å². The molecule has 122 valence electrons. The third kappa shape index (κ3) is 3.21. The van der Waals surface area contributed by atoms with Crippen LogP contribution in [0.1, 0.15) is 17.9 Å². The monoisotopic (exact) mass is 335 g/mol. The lowest BCUT2D eigenvalue weighted by Gasteiger charge is -2.16. The van der Waals surface area contributed by atoms with Crippen molar-refractivity contribution >= 4 is 21.5 Å². The van der Waals surface area contributed by atoms with Crippen LogP contribution in [0.4, 0.5) is 10.1 Å². The van der Waals surface area contributed by atoms with Crippen molar-refractivity contribution in [1.82, 2.24) is 4.98 Å². The number of methoxy groups -OCH3 is 2. The van der Waals surface area contributed by atoms with E-state index in [1.807, 2.05) is 18.2 Å². The zero-order chi connectivity index (χ0) is 16.4. The number of hydrogen-bond donors (Lipinski definition) is 0. The summed E-state index contributed by atoms with van der Waals surface area (Å²) < 4.78 is 10.6. The third-order valence-corrected chi connectivity index (χ3v) is 4.97. The Labute approximate surface area is 137 Å². The van der Waals surface area contributed by atoms with Gasteiger partial charge in [0.15, 0.2) is 5.13 Å². The van der Waals surface area contributed by atoms with Crippen LogP contribution in [0, 0.1) is 10.1 Å². The van der Waals surface area contributed by atoms with Crippen molar-refractivity contribution in [2.75, 3.05) is 32.2 Å². The van der Waals surface area contributed by atoms with Gasteiger partial charge >= 0.3 is 5.00 Å². The standard InChI is InChI=1S/C15H17N3O4S/c1-21-12-5-11(6-13(7-12)22-2)10-3-4-17(9-10)15-16-8-14(23-15)18(19)20/h5-8,10H,3-4,9H2,1-2H3/t10-/m0/s1. The maximum atomic E-state index is 10.8. The van der Waals surface area contributed by atoms with E-state index in [-0.39, 0.29) is 5.00 Å². The third-order valence-electron chi connectivity index (χ3n) is 3.97. The summed E-state index contributed by atoms with van der Waals surface area (Å²) in [5.41, 5.74) is 1.15. The molecule has 1 aliphatic heterocycles. The Morgan fingerprint density at radius 2 is 2.00 bits per heavy atom. The molecule has 23 heavy (non-hydrogen) atoms. The van der Waals surface area contributed by atoms with Gasteiger partial charge in [-0.05, 0) is 35.5 Å². The number of aromatic nitrogens is 1. The summed E-state index contributed by atoms with van der Waals surface area (Å²) in [6, 6.07) is 5.88. The number of nitrogens with zero attached hydrogens (tertiary/aromatic N) is 3. The first-order valence-corrected chi connectivity index (χ1v) is 8.00. The van der Waals surface area contributed by atoms with E-state index in [4.69, 9.17) is 9.47 Å². The second-order valence-electron chi connectivity index (χ2n) is 5.32. The van der Waals surface area contributed by atoms with E-state index in [0.29, 0.717) is 11.0 Å². The lowest BCUT2D eigenvalue weighted by Crippen LogP contribution is -2.18. The van der Waals surface area contributed by atoms with E-state index in [0.717, 1.165) is 47.9 Å². The van der Waals surface area contributed by atoms with E-state index in [1.165, 1.54) is 6.20 Å². The van der Waals surface area contributed by atoms with E-state index < -0.39 is 4.92 Å². The molecule has 0 N–H and O–H groups in total. The molecule has 0 bridgehead atoms. The molecule has 2 aromatic rings. The summed E-state index contributed by atoms with van der Waals surface area (Å²) >= 11 is 1.12. The lowest BCUT2D eigenvalue weighted by atomic mass is 9.98. The van der Waals surface area contributed by atoms with Gasteiger partial charge in [-0.15, -0.1) is 0 Å². The number of benzene rings is 1. The van der Waals surface area contributed by atoms with Gasteiger partial charge in [0.05, 0.1) is 19.1 Å². The fourth-order valence-corrected chi connectivity index (χ4v) is 3.53. The highest BCUT2D eigenvalue weighted by Crippen LogP contribution is 2.37. The molecule has 0 unspecified atom stereocenters. The molecule has 1 aromatic heterocycles. The quantitative estimate of drug-likeness (QED) is 0.617. The van der Waals surface area contributed by atoms with Crippen LogP contribution >= 0.6 is 11.3 Å². The number of ether oxygens (including phenoxy) is 2. The molecule has 0 saturated carbocycles. The fourth-order valence-electron chi connectivity index (χ4n) is 2.76. The van der Waals surface area contributed by atoms with Crippen LogP contribution in [0.25, 0.3) is 0 Å². The van der Waals surface area contributed by atoms with Crippen molar-refractivity contribution in [2.24, 2.45) is 0 Å². The molecule has 2 heterocycles. The van der Waals surface area contributed by atoms with Crippen molar-refractivity contribution < 1.29 is 14.4 Å². The molecule has 7 nitrogen and oxygen atoms in total. The summed E-state index contributed by atoms with van der Waals surface area (Å²) in [4.78, 5) is 16.6. The highest BCUT2D eigenvalue weighted by Gasteiger charge is 2.27. The Morgan fingerprint density at radius 1 is 1.30 bits per heavy atom. The van der Waals surface area contributed by atoms with E-state index in [1.54, 1.807) is 14.2 Å². The van der Waals surface area contributed by atoms with Gasteiger partial charge in [-0.3, -0.25) is 10.1 Å². The minimum Gasteiger partial charge on any atom is -0.497 e. The van der Waals surface area contributed by atoms with Crippen LogP contribution in [-0.2, 0) is 0 Å². The minimum atomic E-state index is -0.401. The first-order chi connectivity index (χ1) is 11.1. The highest BCUT2D eigenvalue weighted by atomic mass is 32.1. The average molecular weight is 335 g/mol. The number of nitro groups is 1. The summed E-state index contributed by atoms with van der Waals surface area (Å²) in [5.74, 6) is 1.85. The molecule has 0 radical (unpaired) electrons. The van der Waals surface area contributed by atoms with Crippen LogP contribution in [0.5, 0.6) is 11.5 Å². The molecule has 1 atom stereocenters. The molecule has 8 heteroatoms. The molecule has 3 rings (SSSR count). The maximum Gasteiger partial charge on any atom is 0.345 e. The van der Waals surface area contributed by atoms with Crippen LogP contribution in [-0.4, -0.2) is 37.2 Å². The van der Waals surface area contributed by atoms with Gasteiger partial charge in [0.2, 0.25) is 0 Å². The molecule has 0 spiro atoms. The van der Waals surface area contributed by atoms with Crippen molar-refractivity contribution in [2.45, 2.75) is 12.3 Å². The molecule has 0 amide bonds. The Hall–Kier alpha value is -2.35. The van der Waals surface area contributed by atoms with Gasteiger partial charge in [-0.25, -0.2) is 4.98 Å². The smallest absolute Gasteiger partial charge is 0.345 e. The largest absolute Gasteiger partial charge is 0.497 e. The van der Waals surface area contributed by atoms with Gasteiger partial charge in [0.25, 0.3) is 0 Å². The molecule has 1 aromatic carbocycles. The summed E-state index contributed by atoms with van der Waals surface area (Å²) in [5, 5.41) is 11.6. The van der Waals surface area contributed by atoms with E-state index >= 15 is 0 Å². The highest BCUT2D eigenvalue weighted by molar-refractivity contribution is 7.18. The fraction of sp³-hybridized carbons (Fsp3) is 0.400. The Kier molecular flexibility index (Phi) is 4.33. The van der Waals surface area contributed by atoms with Gasteiger partial charge in [-0.1, -0.05) is 0 Å².